The van der Waals surface area contributed by atoms with Crippen molar-refractivity contribution in [2.24, 2.45) is 0 Å². The van der Waals surface area contributed by atoms with E-state index in [0.717, 1.165) is 69.6 Å². The van der Waals surface area contributed by atoms with Gasteiger partial charge in [0.05, 0.1) is 23.2 Å². The number of carbonyl (C=O) groups is 3. The van der Waals surface area contributed by atoms with Gasteiger partial charge >= 0.3 is 0 Å². The van der Waals surface area contributed by atoms with E-state index in [1.807, 2.05) is 49.1 Å². The van der Waals surface area contributed by atoms with Crippen molar-refractivity contribution in [3.63, 3.8) is 0 Å². The van der Waals surface area contributed by atoms with Crippen molar-refractivity contribution in [1.82, 2.24) is 34.8 Å². The van der Waals surface area contributed by atoms with E-state index in [9.17, 15) is 14.4 Å². The van der Waals surface area contributed by atoms with Crippen LogP contribution >= 0.6 is 11.3 Å². The lowest BCUT2D eigenvalue weighted by molar-refractivity contribution is -0.136. The maximum absolute atomic E-state index is 13.3. The third kappa shape index (κ3) is 6.93. The number of imide groups is 1. The molecule has 3 aliphatic rings. The Morgan fingerprint density at radius 1 is 1.07 bits per heavy atom. The lowest BCUT2D eigenvalue weighted by atomic mass is 9.93. The van der Waals surface area contributed by atoms with Crippen LogP contribution in [0.15, 0.2) is 73.1 Å². The SMILES string of the molecule is Cc1nnc2n1-c1sc(C#Cc3cnn(CCC/C=C/C(C)c4cccc5c4CN(C4CCC(=O)NC4=O)C5=O)c3)c(Cc3ccccc3)c1CO[C@H]2C. The molecule has 12 heteroatoms. The maximum atomic E-state index is 13.3. The molecule has 0 bridgehead atoms. The van der Waals surface area contributed by atoms with Crippen LogP contribution in [0.2, 0.25) is 0 Å². The highest BCUT2D eigenvalue weighted by Crippen LogP contribution is 2.39. The number of aryl methyl sites for hydroxylation is 2. The summed E-state index contributed by atoms with van der Waals surface area (Å²) < 4.78 is 10.3. The molecule has 6 heterocycles. The van der Waals surface area contributed by atoms with Crippen molar-refractivity contribution in [3.8, 4) is 16.8 Å². The van der Waals surface area contributed by atoms with Gasteiger partial charge in [-0.2, -0.15) is 5.10 Å². The van der Waals surface area contributed by atoms with Gasteiger partial charge in [0.25, 0.3) is 5.91 Å². The van der Waals surface area contributed by atoms with E-state index in [1.165, 1.54) is 11.1 Å². The standard InChI is InChI=1S/C42H41N7O4S/c1-26(31-14-10-15-32-34(31)24-48(41(32)52)36-17-19-38(50)44-40(36)51)11-6-5-9-20-47-23-30(22-43-47)16-18-37-33(21-29-12-7-4-8-13-29)35-25-53-27(2)39-46-45-28(3)49(39)42(35)54-37/h4,6-8,10-15,22-23,26-27,36H,5,9,17,19-21,24-25H2,1-3H3,(H,44,50,51)/b11-6+/t26?,27-,36?/m0/s1. The van der Waals surface area contributed by atoms with Crippen LogP contribution in [0.3, 0.4) is 0 Å². The fourth-order valence-corrected chi connectivity index (χ4v) is 8.81. The van der Waals surface area contributed by atoms with Gasteiger partial charge in [-0.15, -0.1) is 21.5 Å². The highest BCUT2D eigenvalue weighted by atomic mass is 32.1. The van der Waals surface area contributed by atoms with Gasteiger partial charge in [0.1, 0.15) is 23.0 Å². The molecule has 11 nitrogen and oxygen atoms in total. The number of benzene rings is 2. The van der Waals surface area contributed by atoms with E-state index in [0.29, 0.717) is 25.1 Å². The summed E-state index contributed by atoms with van der Waals surface area (Å²) >= 11 is 1.67. The summed E-state index contributed by atoms with van der Waals surface area (Å²) in [6, 6.07) is 15.6. The number of unbranched alkanes of at least 4 members (excludes halogenated alkanes) is 1. The van der Waals surface area contributed by atoms with Crippen molar-refractivity contribution in [3.05, 3.63) is 129 Å². The Labute approximate surface area is 318 Å². The van der Waals surface area contributed by atoms with Crippen LogP contribution in [0.25, 0.3) is 5.00 Å². The minimum atomic E-state index is -0.620. The van der Waals surface area contributed by atoms with Crippen LogP contribution in [0.4, 0.5) is 0 Å². The fourth-order valence-electron chi connectivity index (χ4n) is 7.57. The molecule has 3 aromatic heterocycles. The lowest BCUT2D eigenvalue weighted by Gasteiger charge is -2.29. The second-order valence-corrected chi connectivity index (χ2v) is 15.1. The fraction of sp³-hybridized carbons (Fsp3) is 0.333. The molecular formula is C42H41N7O4S. The maximum Gasteiger partial charge on any atom is 0.255 e. The summed E-state index contributed by atoms with van der Waals surface area (Å²) in [4.78, 5) is 40.0. The molecular weight excluding hydrogens is 699 g/mol. The van der Waals surface area contributed by atoms with Gasteiger partial charge in [0.2, 0.25) is 11.8 Å². The normalized spacial score (nSPS) is 18.5. The van der Waals surface area contributed by atoms with E-state index in [2.05, 4.69) is 86.4 Å². The average molecular weight is 740 g/mol. The zero-order valence-corrected chi connectivity index (χ0v) is 31.4. The molecule has 0 aliphatic carbocycles. The van der Waals surface area contributed by atoms with Gasteiger partial charge in [-0.3, -0.25) is 28.9 Å². The largest absolute Gasteiger partial charge is 0.366 e. The molecule has 3 aliphatic heterocycles. The predicted octanol–water partition coefficient (Wildman–Crippen LogP) is 6.32. The zero-order valence-electron chi connectivity index (χ0n) is 30.5. The first-order valence-corrected chi connectivity index (χ1v) is 19.3. The Hall–Kier alpha value is -5.64. The van der Waals surface area contributed by atoms with Gasteiger partial charge in [0.15, 0.2) is 5.82 Å². The van der Waals surface area contributed by atoms with Crippen LogP contribution in [0.1, 0.15) is 112 Å². The molecule has 274 valence electrons. The molecule has 5 aromatic rings. The van der Waals surface area contributed by atoms with Crippen LogP contribution in [-0.4, -0.2) is 53.2 Å². The first kappa shape index (κ1) is 35.4. The van der Waals surface area contributed by atoms with Crippen molar-refractivity contribution >= 4 is 29.1 Å². The highest BCUT2D eigenvalue weighted by Gasteiger charge is 2.40. The summed E-state index contributed by atoms with van der Waals surface area (Å²) in [6.07, 6.45) is 11.2. The quantitative estimate of drug-likeness (QED) is 0.0813. The van der Waals surface area contributed by atoms with E-state index in [4.69, 9.17) is 4.74 Å². The highest BCUT2D eigenvalue weighted by molar-refractivity contribution is 7.15. The summed E-state index contributed by atoms with van der Waals surface area (Å²) in [5, 5.41) is 16.8. The van der Waals surface area contributed by atoms with Crippen molar-refractivity contribution in [1.29, 1.82) is 0 Å². The number of nitrogens with one attached hydrogen (secondary N) is 1. The molecule has 0 radical (unpaired) electrons. The van der Waals surface area contributed by atoms with E-state index < -0.39 is 11.9 Å². The molecule has 54 heavy (non-hydrogen) atoms. The minimum absolute atomic E-state index is 0.0932. The number of aromatic nitrogens is 5. The molecule has 1 fully saturated rings. The average Bonchev–Trinajstić information content (AvgIpc) is 3.93. The molecule has 2 aromatic carbocycles. The van der Waals surface area contributed by atoms with Gasteiger partial charge in [-0.05, 0) is 73.8 Å². The summed E-state index contributed by atoms with van der Waals surface area (Å²) in [7, 11) is 0. The topological polar surface area (TPSA) is 124 Å². The molecule has 1 saturated heterocycles. The number of hydrogen-bond acceptors (Lipinski definition) is 8. The number of nitrogens with zero attached hydrogens (tertiary/aromatic N) is 6. The van der Waals surface area contributed by atoms with Crippen LogP contribution in [0, 0.1) is 18.8 Å². The number of piperidine rings is 1. The molecule has 1 N–H and O–H groups in total. The summed E-state index contributed by atoms with van der Waals surface area (Å²) in [6.45, 7) is 7.74. The van der Waals surface area contributed by atoms with Crippen LogP contribution < -0.4 is 5.32 Å². The minimum Gasteiger partial charge on any atom is -0.366 e. The Balaban J connectivity index is 0.919. The predicted molar refractivity (Wildman–Crippen MR) is 204 cm³/mol. The van der Waals surface area contributed by atoms with Gasteiger partial charge < -0.3 is 9.64 Å². The molecule has 8 rings (SSSR count). The number of hydrogen-bond donors (Lipinski definition) is 1. The first-order valence-electron chi connectivity index (χ1n) is 18.4. The number of carbonyl (C=O) groups excluding carboxylic acids is 3. The van der Waals surface area contributed by atoms with E-state index >= 15 is 0 Å². The summed E-state index contributed by atoms with van der Waals surface area (Å²) in [5.74, 6) is 7.76. The molecule has 2 unspecified atom stereocenters. The van der Waals surface area contributed by atoms with Gasteiger partial charge in [0, 0.05) is 36.8 Å². The van der Waals surface area contributed by atoms with Gasteiger partial charge in [-0.25, -0.2) is 0 Å². The van der Waals surface area contributed by atoms with Crippen LogP contribution in [0.5, 0.6) is 0 Å². The monoisotopic (exact) mass is 739 g/mol. The number of amides is 3. The number of fused-ring (bicyclic) bond motifs is 4. The number of rotatable bonds is 9. The second kappa shape index (κ2) is 15.0. The molecule has 0 saturated carbocycles. The number of thiophene rings is 1. The smallest absolute Gasteiger partial charge is 0.255 e. The molecule has 3 amide bonds. The zero-order chi connectivity index (χ0) is 37.3. The second-order valence-electron chi connectivity index (χ2n) is 14.1. The van der Waals surface area contributed by atoms with Gasteiger partial charge in [-0.1, -0.05) is 73.4 Å². The summed E-state index contributed by atoms with van der Waals surface area (Å²) in [5.41, 5.74) is 7.07. The van der Waals surface area contributed by atoms with E-state index in [-0.39, 0.29) is 30.3 Å². The Morgan fingerprint density at radius 3 is 2.76 bits per heavy atom. The third-order valence-corrected chi connectivity index (χ3v) is 11.6. The number of ether oxygens (including phenoxy) is 1. The van der Waals surface area contributed by atoms with Crippen molar-refractivity contribution < 1.29 is 19.1 Å². The van der Waals surface area contributed by atoms with Crippen LogP contribution in [-0.2, 0) is 40.4 Å². The number of allylic oxidation sites excluding steroid dienone is 2. The third-order valence-electron chi connectivity index (χ3n) is 10.5. The van der Waals surface area contributed by atoms with Crippen molar-refractivity contribution in [2.45, 2.75) is 90.6 Å². The van der Waals surface area contributed by atoms with Crippen molar-refractivity contribution in [2.75, 3.05) is 0 Å². The first-order chi connectivity index (χ1) is 26.2. The Kier molecular flexibility index (Phi) is 9.84. The molecule has 0 spiro atoms. The van der Waals surface area contributed by atoms with E-state index in [1.54, 1.807) is 16.2 Å². The molecule has 3 atom stereocenters. The Morgan fingerprint density at radius 2 is 1.93 bits per heavy atom. The Bertz CT molecular complexity index is 2340. The lowest BCUT2D eigenvalue weighted by Crippen LogP contribution is -2.52.